The number of thiophene rings is 1. The second-order valence-electron chi connectivity index (χ2n) is 3.92. The fourth-order valence-corrected chi connectivity index (χ4v) is 2.28. The molecular formula is C11H14N2O2S. The zero-order chi connectivity index (χ0) is 11.5. The molecule has 86 valence electrons. The molecule has 16 heavy (non-hydrogen) atoms. The van der Waals surface area contributed by atoms with Crippen molar-refractivity contribution >= 4 is 23.2 Å². The third-order valence-electron chi connectivity index (χ3n) is 2.71. The Kier molecular flexibility index (Phi) is 3.24. The van der Waals surface area contributed by atoms with Crippen molar-refractivity contribution in [2.45, 2.75) is 13.5 Å². The first-order valence-electron chi connectivity index (χ1n) is 5.22. The molecule has 1 aromatic heterocycles. The van der Waals surface area contributed by atoms with Crippen LogP contribution in [0.2, 0.25) is 0 Å². The third-order valence-corrected chi connectivity index (χ3v) is 3.59. The molecule has 1 aromatic rings. The van der Waals surface area contributed by atoms with Crippen molar-refractivity contribution in [3.05, 3.63) is 22.4 Å². The Morgan fingerprint density at radius 3 is 2.88 bits per heavy atom. The molecule has 0 spiro atoms. The second kappa shape index (κ2) is 4.65. The molecule has 0 radical (unpaired) electrons. The minimum absolute atomic E-state index is 0.0242. The largest absolute Gasteiger partial charge is 0.351 e. The van der Waals surface area contributed by atoms with E-state index in [0.717, 1.165) is 4.88 Å². The summed E-state index contributed by atoms with van der Waals surface area (Å²) in [6, 6.07) is 3.96. The lowest BCUT2D eigenvalue weighted by atomic mass is 9.99. The number of hydrogen-bond donors (Lipinski definition) is 1. The Bertz CT molecular complexity index is 383. The van der Waals surface area contributed by atoms with E-state index in [4.69, 9.17) is 0 Å². The summed E-state index contributed by atoms with van der Waals surface area (Å²) in [5.41, 5.74) is 0. The number of nitrogens with zero attached hydrogens (tertiary/aromatic N) is 1. The van der Waals surface area contributed by atoms with Crippen LogP contribution in [-0.4, -0.2) is 29.8 Å². The van der Waals surface area contributed by atoms with Gasteiger partial charge < -0.3 is 10.2 Å². The Labute approximate surface area is 98.3 Å². The summed E-state index contributed by atoms with van der Waals surface area (Å²) in [4.78, 5) is 25.4. The smallest absolute Gasteiger partial charge is 0.226 e. The van der Waals surface area contributed by atoms with Crippen molar-refractivity contribution in [2.24, 2.45) is 5.92 Å². The Hall–Kier alpha value is -1.36. The number of carbonyl (C=O) groups excluding carboxylic acids is 2. The van der Waals surface area contributed by atoms with Crippen LogP contribution in [0.15, 0.2) is 17.5 Å². The molecule has 1 aliphatic heterocycles. The Balaban J connectivity index is 1.72. The molecule has 4 nitrogen and oxygen atoms in total. The highest BCUT2D eigenvalue weighted by molar-refractivity contribution is 7.09. The molecule has 0 unspecified atom stereocenters. The van der Waals surface area contributed by atoms with Crippen LogP contribution in [0.4, 0.5) is 0 Å². The van der Waals surface area contributed by atoms with E-state index in [9.17, 15) is 9.59 Å². The summed E-state index contributed by atoms with van der Waals surface area (Å²) in [5.74, 6) is 0.0667. The Morgan fingerprint density at radius 2 is 2.31 bits per heavy atom. The van der Waals surface area contributed by atoms with E-state index in [1.807, 2.05) is 17.5 Å². The van der Waals surface area contributed by atoms with Crippen LogP contribution >= 0.6 is 11.3 Å². The van der Waals surface area contributed by atoms with Crippen LogP contribution in [-0.2, 0) is 16.1 Å². The molecule has 2 heterocycles. The van der Waals surface area contributed by atoms with Crippen molar-refractivity contribution < 1.29 is 9.59 Å². The fraction of sp³-hybridized carbons (Fsp3) is 0.455. The van der Waals surface area contributed by atoms with Crippen molar-refractivity contribution in [1.82, 2.24) is 10.2 Å². The molecule has 0 atom stereocenters. The van der Waals surface area contributed by atoms with Gasteiger partial charge in [-0.2, -0.15) is 0 Å². The third kappa shape index (κ3) is 2.41. The summed E-state index contributed by atoms with van der Waals surface area (Å²) in [7, 11) is 0. The lowest BCUT2D eigenvalue weighted by molar-refractivity contribution is -0.141. The normalized spacial score (nSPS) is 15.7. The molecule has 2 rings (SSSR count). The van der Waals surface area contributed by atoms with E-state index >= 15 is 0 Å². The first-order valence-corrected chi connectivity index (χ1v) is 6.10. The maximum absolute atomic E-state index is 11.6. The monoisotopic (exact) mass is 238 g/mol. The van der Waals surface area contributed by atoms with Crippen LogP contribution in [0.25, 0.3) is 0 Å². The molecule has 0 aliphatic carbocycles. The van der Waals surface area contributed by atoms with Gasteiger partial charge in [-0.15, -0.1) is 11.3 Å². The number of amides is 2. The predicted molar refractivity (Wildman–Crippen MR) is 61.9 cm³/mol. The first-order chi connectivity index (χ1) is 7.66. The van der Waals surface area contributed by atoms with Gasteiger partial charge in [0.15, 0.2) is 0 Å². The average Bonchev–Trinajstić information content (AvgIpc) is 2.63. The van der Waals surface area contributed by atoms with Gasteiger partial charge in [-0.1, -0.05) is 6.07 Å². The summed E-state index contributed by atoms with van der Waals surface area (Å²) in [5, 5.41) is 4.87. The molecular weight excluding hydrogens is 224 g/mol. The highest BCUT2D eigenvalue weighted by Gasteiger charge is 2.33. The summed E-state index contributed by atoms with van der Waals surface area (Å²) in [6.07, 6.45) is 0. The molecule has 1 aliphatic rings. The molecule has 2 amide bonds. The van der Waals surface area contributed by atoms with Crippen molar-refractivity contribution in [2.75, 3.05) is 13.1 Å². The van der Waals surface area contributed by atoms with Gasteiger partial charge in [0, 0.05) is 24.9 Å². The quantitative estimate of drug-likeness (QED) is 0.848. The molecule has 5 heteroatoms. The van der Waals surface area contributed by atoms with Gasteiger partial charge in [-0.3, -0.25) is 9.59 Å². The van der Waals surface area contributed by atoms with Crippen LogP contribution in [0, 0.1) is 5.92 Å². The van der Waals surface area contributed by atoms with Crippen molar-refractivity contribution in [3.63, 3.8) is 0 Å². The predicted octanol–water partition coefficient (Wildman–Crippen LogP) is 0.843. The minimum Gasteiger partial charge on any atom is -0.351 e. The number of likely N-dealkylation sites (tertiary alicyclic amines) is 1. The van der Waals surface area contributed by atoms with Crippen molar-refractivity contribution in [1.29, 1.82) is 0 Å². The van der Waals surface area contributed by atoms with Gasteiger partial charge in [0.25, 0.3) is 0 Å². The zero-order valence-electron chi connectivity index (χ0n) is 9.10. The molecule has 0 aromatic carbocycles. The zero-order valence-corrected chi connectivity index (χ0v) is 9.92. The number of hydrogen-bond acceptors (Lipinski definition) is 3. The second-order valence-corrected chi connectivity index (χ2v) is 4.95. The fourth-order valence-electron chi connectivity index (χ4n) is 1.63. The standard InChI is InChI=1S/C11H14N2O2S/c1-8(14)13-6-9(7-13)11(15)12-5-10-3-2-4-16-10/h2-4,9H,5-7H2,1H3,(H,12,15). The van der Waals surface area contributed by atoms with Crippen molar-refractivity contribution in [3.8, 4) is 0 Å². The van der Waals surface area contributed by atoms with Crippen LogP contribution in [0.3, 0.4) is 0 Å². The van der Waals surface area contributed by atoms with Crippen LogP contribution in [0.1, 0.15) is 11.8 Å². The molecule has 0 saturated carbocycles. The van der Waals surface area contributed by atoms with E-state index < -0.39 is 0 Å². The van der Waals surface area contributed by atoms with E-state index in [1.165, 1.54) is 6.92 Å². The maximum Gasteiger partial charge on any atom is 0.226 e. The first kappa shape index (κ1) is 11.1. The van der Waals surface area contributed by atoms with E-state index in [2.05, 4.69) is 5.32 Å². The molecule has 0 bridgehead atoms. The number of carbonyl (C=O) groups is 2. The van der Waals surface area contributed by atoms with Gasteiger partial charge in [-0.05, 0) is 11.4 Å². The lowest BCUT2D eigenvalue weighted by Gasteiger charge is -2.37. The van der Waals surface area contributed by atoms with Gasteiger partial charge in [0.05, 0.1) is 12.5 Å². The van der Waals surface area contributed by atoms with Crippen LogP contribution < -0.4 is 5.32 Å². The summed E-state index contributed by atoms with van der Waals surface area (Å²) < 4.78 is 0. The van der Waals surface area contributed by atoms with Gasteiger partial charge in [0.1, 0.15) is 0 Å². The molecule has 1 N–H and O–H groups in total. The van der Waals surface area contributed by atoms with Crippen LogP contribution in [0.5, 0.6) is 0 Å². The molecule has 1 fully saturated rings. The average molecular weight is 238 g/mol. The maximum atomic E-state index is 11.6. The van der Waals surface area contributed by atoms with Gasteiger partial charge in [-0.25, -0.2) is 0 Å². The Morgan fingerprint density at radius 1 is 1.56 bits per heavy atom. The van der Waals surface area contributed by atoms with E-state index in [0.29, 0.717) is 19.6 Å². The lowest BCUT2D eigenvalue weighted by Crippen LogP contribution is -2.54. The summed E-state index contributed by atoms with van der Waals surface area (Å²) >= 11 is 1.63. The highest BCUT2D eigenvalue weighted by Crippen LogP contribution is 2.16. The van der Waals surface area contributed by atoms with E-state index in [-0.39, 0.29) is 17.7 Å². The highest BCUT2D eigenvalue weighted by atomic mass is 32.1. The topological polar surface area (TPSA) is 49.4 Å². The summed E-state index contributed by atoms with van der Waals surface area (Å²) in [6.45, 7) is 3.24. The minimum atomic E-state index is -0.0242. The SMILES string of the molecule is CC(=O)N1CC(C(=O)NCc2cccs2)C1. The van der Waals surface area contributed by atoms with E-state index in [1.54, 1.807) is 16.2 Å². The molecule has 1 saturated heterocycles. The number of nitrogens with one attached hydrogen (secondary N) is 1. The van der Waals surface area contributed by atoms with Gasteiger partial charge >= 0.3 is 0 Å². The van der Waals surface area contributed by atoms with Gasteiger partial charge in [0.2, 0.25) is 11.8 Å². The number of rotatable bonds is 3.